The van der Waals surface area contributed by atoms with Crippen LogP contribution in [0, 0.1) is 0 Å². The molecule has 0 fully saturated rings. The van der Waals surface area contributed by atoms with E-state index in [4.69, 9.17) is 9.47 Å². The van der Waals surface area contributed by atoms with Crippen LogP contribution in [0.4, 0.5) is 0 Å². The number of benzene rings is 3. The number of ether oxygens (including phenoxy) is 2. The van der Waals surface area contributed by atoms with Crippen molar-refractivity contribution >= 4 is 0 Å². The average Bonchev–Trinajstić information content (AvgIpc) is 2.78. The minimum absolute atomic E-state index is 0.288. The molecule has 156 valence electrons. The van der Waals surface area contributed by atoms with Crippen molar-refractivity contribution < 1.29 is 9.47 Å². The van der Waals surface area contributed by atoms with Gasteiger partial charge < -0.3 is 14.4 Å². The molecular weight excluding hydrogens is 370 g/mol. The highest BCUT2D eigenvalue weighted by Crippen LogP contribution is 2.41. The van der Waals surface area contributed by atoms with Gasteiger partial charge in [0, 0.05) is 18.7 Å². The van der Waals surface area contributed by atoms with E-state index in [1.807, 2.05) is 25.3 Å². The van der Waals surface area contributed by atoms with Gasteiger partial charge in [-0.2, -0.15) is 0 Å². The largest absolute Gasteiger partial charge is 0.496 e. The quantitative estimate of drug-likeness (QED) is 0.542. The van der Waals surface area contributed by atoms with Crippen molar-refractivity contribution in [3.63, 3.8) is 0 Å². The summed E-state index contributed by atoms with van der Waals surface area (Å²) in [4.78, 5) is 2.29. The van der Waals surface area contributed by atoms with Crippen LogP contribution in [0.3, 0.4) is 0 Å². The zero-order valence-corrected chi connectivity index (χ0v) is 18.6. The normalized spacial score (nSPS) is 20.8. The Kier molecular flexibility index (Phi) is 5.68. The Bertz CT molecular complexity index is 1030. The third-order valence-corrected chi connectivity index (χ3v) is 6.65. The number of rotatable bonds is 5. The Labute approximate surface area is 180 Å². The summed E-state index contributed by atoms with van der Waals surface area (Å²) >= 11 is 0. The lowest BCUT2D eigenvalue weighted by atomic mass is 9.75. The number of methoxy groups -OCH3 is 2. The average molecular weight is 402 g/mol. The Morgan fingerprint density at radius 2 is 1.53 bits per heavy atom. The van der Waals surface area contributed by atoms with Crippen molar-refractivity contribution in [1.29, 1.82) is 0 Å². The second kappa shape index (κ2) is 8.25. The van der Waals surface area contributed by atoms with Crippen LogP contribution >= 0.6 is 0 Å². The van der Waals surface area contributed by atoms with Gasteiger partial charge in [-0.25, -0.2) is 0 Å². The molecule has 0 spiro atoms. The maximum Gasteiger partial charge on any atom is 0.126 e. The fourth-order valence-electron chi connectivity index (χ4n) is 4.93. The van der Waals surface area contributed by atoms with E-state index in [2.05, 4.69) is 74.4 Å². The van der Waals surface area contributed by atoms with Gasteiger partial charge in [0.25, 0.3) is 0 Å². The van der Waals surface area contributed by atoms with E-state index in [0.717, 1.165) is 29.7 Å². The van der Waals surface area contributed by atoms with Crippen LogP contribution < -0.4 is 4.74 Å². The minimum Gasteiger partial charge on any atom is -0.496 e. The van der Waals surface area contributed by atoms with Crippen molar-refractivity contribution in [3.8, 4) is 28.0 Å². The van der Waals surface area contributed by atoms with Gasteiger partial charge in [0.1, 0.15) is 11.4 Å². The first-order valence-corrected chi connectivity index (χ1v) is 10.6. The summed E-state index contributed by atoms with van der Waals surface area (Å²) in [5, 5.41) is 0. The smallest absolute Gasteiger partial charge is 0.126 e. The molecule has 0 aromatic heterocycles. The monoisotopic (exact) mass is 401 g/mol. The molecule has 3 aromatic rings. The molecule has 4 rings (SSSR count). The molecule has 0 heterocycles. The van der Waals surface area contributed by atoms with Crippen molar-refractivity contribution in [3.05, 3.63) is 77.9 Å². The topological polar surface area (TPSA) is 21.7 Å². The predicted octanol–water partition coefficient (Wildman–Crippen LogP) is 5.77. The van der Waals surface area contributed by atoms with Gasteiger partial charge in [-0.05, 0) is 67.7 Å². The summed E-state index contributed by atoms with van der Waals surface area (Å²) in [6.45, 7) is 2.22. The fourth-order valence-corrected chi connectivity index (χ4v) is 4.93. The van der Waals surface area contributed by atoms with Gasteiger partial charge in [0.05, 0.1) is 7.11 Å². The van der Waals surface area contributed by atoms with E-state index < -0.39 is 0 Å². The number of fused-ring (bicyclic) bond motifs is 1. The fraction of sp³-hybridized carbons (Fsp3) is 0.333. The van der Waals surface area contributed by atoms with Crippen LogP contribution in [-0.2, 0) is 16.8 Å². The van der Waals surface area contributed by atoms with E-state index >= 15 is 0 Å². The third-order valence-electron chi connectivity index (χ3n) is 6.65. The molecule has 0 N–H and O–H groups in total. The van der Waals surface area contributed by atoms with E-state index in [-0.39, 0.29) is 5.60 Å². The summed E-state index contributed by atoms with van der Waals surface area (Å²) in [6.07, 6.45) is 2.17. The number of hydrogen-bond acceptors (Lipinski definition) is 3. The van der Waals surface area contributed by atoms with Gasteiger partial charge in [-0.3, -0.25) is 0 Å². The minimum atomic E-state index is -0.288. The van der Waals surface area contributed by atoms with Crippen molar-refractivity contribution in [1.82, 2.24) is 4.90 Å². The highest BCUT2D eigenvalue weighted by molar-refractivity contribution is 5.74. The molecule has 3 heteroatoms. The van der Waals surface area contributed by atoms with Gasteiger partial charge >= 0.3 is 0 Å². The lowest BCUT2D eigenvalue weighted by molar-refractivity contribution is -0.0686. The first-order valence-electron chi connectivity index (χ1n) is 10.6. The van der Waals surface area contributed by atoms with E-state index in [1.165, 1.54) is 22.3 Å². The maximum absolute atomic E-state index is 6.06. The van der Waals surface area contributed by atoms with Gasteiger partial charge in [0.15, 0.2) is 0 Å². The Balaban J connectivity index is 1.67. The van der Waals surface area contributed by atoms with Crippen LogP contribution in [0.1, 0.15) is 24.5 Å². The Morgan fingerprint density at radius 1 is 0.867 bits per heavy atom. The molecule has 2 atom stereocenters. The van der Waals surface area contributed by atoms with E-state index in [1.54, 1.807) is 7.11 Å². The summed E-state index contributed by atoms with van der Waals surface area (Å²) < 4.78 is 11.6. The molecule has 1 aliphatic rings. The van der Waals surface area contributed by atoms with Crippen molar-refractivity contribution in [2.45, 2.75) is 31.4 Å². The molecule has 0 saturated heterocycles. The number of aryl methyl sites for hydroxylation is 1. The molecule has 0 saturated carbocycles. The SMILES string of the molecule is COc1ccccc1-c1ccc(-c2ccc3c(c2)CCC(N(C)C)C3(C)OC)cc1. The zero-order chi connectivity index (χ0) is 21.3. The first-order chi connectivity index (χ1) is 14.5. The van der Waals surface area contributed by atoms with Crippen LogP contribution in [0.15, 0.2) is 66.7 Å². The van der Waals surface area contributed by atoms with Crippen molar-refractivity contribution in [2.24, 2.45) is 0 Å². The van der Waals surface area contributed by atoms with Gasteiger partial charge in [-0.1, -0.05) is 60.7 Å². The van der Waals surface area contributed by atoms with Crippen LogP contribution in [0.2, 0.25) is 0 Å². The van der Waals surface area contributed by atoms with Crippen LogP contribution in [0.25, 0.3) is 22.3 Å². The summed E-state index contributed by atoms with van der Waals surface area (Å²) in [5.74, 6) is 0.897. The summed E-state index contributed by atoms with van der Waals surface area (Å²) in [7, 11) is 7.83. The highest BCUT2D eigenvalue weighted by Gasteiger charge is 2.41. The molecule has 30 heavy (non-hydrogen) atoms. The third kappa shape index (κ3) is 3.53. The summed E-state index contributed by atoms with van der Waals surface area (Å²) in [5.41, 5.74) is 7.17. The zero-order valence-electron chi connectivity index (χ0n) is 18.6. The number of likely N-dealkylation sites (N-methyl/N-ethyl adjacent to an activating group) is 1. The molecular formula is C27H31NO2. The molecule has 0 bridgehead atoms. The Morgan fingerprint density at radius 3 is 2.20 bits per heavy atom. The lowest BCUT2D eigenvalue weighted by Gasteiger charge is -2.45. The predicted molar refractivity (Wildman–Crippen MR) is 124 cm³/mol. The van der Waals surface area contributed by atoms with Crippen molar-refractivity contribution in [2.75, 3.05) is 28.3 Å². The molecule has 0 radical (unpaired) electrons. The van der Waals surface area contributed by atoms with Gasteiger partial charge in [-0.15, -0.1) is 0 Å². The summed E-state index contributed by atoms with van der Waals surface area (Å²) in [6, 6.07) is 24.1. The number of para-hydroxylation sites is 1. The van der Waals surface area contributed by atoms with Crippen LogP contribution in [0.5, 0.6) is 5.75 Å². The maximum atomic E-state index is 6.06. The molecule has 2 unspecified atom stereocenters. The second-order valence-corrected chi connectivity index (χ2v) is 8.48. The number of hydrogen-bond donors (Lipinski definition) is 0. The first kappa shape index (κ1) is 20.6. The van der Waals surface area contributed by atoms with Crippen LogP contribution in [-0.4, -0.2) is 39.3 Å². The van der Waals surface area contributed by atoms with Gasteiger partial charge in [0.2, 0.25) is 0 Å². The molecule has 3 nitrogen and oxygen atoms in total. The molecule has 0 aliphatic heterocycles. The highest BCUT2D eigenvalue weighted by atomic mass is 16.5. The molecule has 0 amide bonds. The second-order valence-electron chi connectivity index (χ2n) is 8.48. The number of nitrogens with zero attached hydrogens (tertiary/aromatic N) is 1. The van der Waals surface area contributed by atoms with E-state index in [0.29, 0.717) is 6.04 Å². The Hall–Kier alpha value is -2.62. The standard InChI is InChI=1S/C27H31NO2/c1-27(30-5)24-16-14-21(18-22(24)15-17-26(27)28(2)3)19-10-12-20(13-11-19)23-8-6-7-9-25(23)29-4/h6-14,16,18,26H,15,17H2,1-5H3. The molecule has 1 aliphatic carbocycles. The lowest BCUT2D eigenvalue weighted by Crippen LogP contribution is -2.50. The molecule has 3 aromatic carbocycles. The van der Waals surface area contributed by atoms with E-state index in [9.17, 15) is 0 Å².